The molecular formula is C17H15ClN4O2. The maximum absolute atomic E-state index is 11.9. The Morgan fingerprint density at radius 1 is 1.25 bits per heavy atom. The van der Waals surface area contributed by atoms with Crippen LogP contribution < -0.4 is 5.32 Å². The lowest BCUT2D eigenvalue weighted by molar-refractivity contribution is -0.121. The zero-order chi connectivity index (χ0) is 16.8. The average molecular weight is 343 g/mol. The molecule has 1 aromatic carbocycles. The molecule has 7 heteroatoms. The largest absolute Gasteiger partial charge is 0.352 e. The quantitative estimate of drug-likeness (QED) is 0.744. The third-order valence-corrected chi connectivity index (χ3v) is 3.56. The summed E-state index contributed by atoms with van der Waals surface area (Å²) < 4.78 is 5.18. The summed E-state index contributed by atoms with van der Waals surface area (Å²) in [4.78, 5) is 20.2. The molecule has 1 N–H and O–H groups in total. The van der Waals surface area contributed by atoms with Crippen molar-refractivity contribution < 1.29 is 9.32 Å². The number of pyridine rings is 1. The maximum Gasteiger partial charge on any atom is 0.227 e. The summed E-state index contributed by atoms with van der Waals surface area (Å²) in [5.74, 6) is 0.797. The molecule has 122 valence electrons. The molecule has 0 atom stereocenters. The number of carbonyl (C=O) groups is 1. The molecule has 1 amide bonds. The topological polar surface area (TPSA) is 80.9 Å². The van der Waals surface area contributed by atoms with E-state index in [0.717, 1.165) is 11.1 Å². The van der Waals surface area contributed by atoms with Crippen molar-refractivity contribution in [1.29, 1.82) is 0 Å². The van der Waals surface area contributed by atoms with Crippen molar-refractivity contribution in [2.75, 3.05) is 0 Å². The molecule has 0 radical (unpaired) electrons. The van der Waals surface area contributed by atoms with E-state index >= 15 is 0 Å². The highest BCUT2D eigenvalue weighted by Gasteiger charge is 2.11. The first-order valence-electron chi connectivity index (χ1n) is 7.45. The maximum atomic E-state index is 11.9. The van der Waals surface area contributed by atoms with Crippen LogP contribution in [0.25, 0.3) is 11.4 Å². The van der Waals surface area contributed by atoms with Crippen molar-refractivity contribution in [1.82, 2.24) is 20.4 Å². The van der Waals surface area contributed by atoms with E-state index in [-0.39, 0.29) is 12.3 Å². The summed E-state index contributed by atoms with van der Waals surface area (Å²) >= 11 is 5.95. The number of aromatic nitrogens is 3. The fourth-order valence-electron chi connectivity index (χ4n) is 2.11. The van der Waals surface area contributed by atoms with Gasteiger partial charge in [0.05, 0.1) is 0 Å². The van der Waals surface area contributed by atoms with Crippen LogP contribution in [-0.2, 0) is 17.8 Å². The van der Waals surface area contributed by atoms with Gasteiger partial charge in [-0.3, -0.25) is 9.78 Å². The van der Waals surface area contributed by atoms with Gasteiger partial charge >= 0.3 is 0 Å². The Morgan fingerprint density at radius 2 is 2.17 bits per heavy atom. The smallest absolute Gasteiger partial charge is 0.227 e. The van der Waals surface area contributed by atoms with Crippen molar-refractivity contribution in [2.45, 2.75) is 19.4 Å². The zero-order valence-electron chi connectivity index (χ0n) is 12.8. The second kappa shape index (κ2) is 7.70. The van der Waals surface area contributed by atoms with Crippen LogP contribution in [0.3, 0.4) is 0 Å². The molecule has 24 heavy (non-hydrogen) atoms. The normalized spacial score (nSPS) is 10.5. The molecule has 0 saturated carbocycles. The van der Waals surface area contributed by atoms with Crippen LogP contribution in [0, 0.1) is 0 Å². The number of halogens is 1. The van der Waals surface area contributed by atoms with Gasteiger partial charge in [-0.25, -0.2) is 0 Å². The Labute approximate surface area is 143 Å². The van der Waals surface area contributed by atoms with Gasteiger partial charge in [0.1, 0.15) is 0 Å². The summed E-state index contributed by atoms with van der Waals surface area (Å²) in [6.07, 6.45) is 4.07. The minimum absolute atomic E-state index is 0.0821. The van der Waals surface area contributed by atoms with Gasteiger partial charge in [0.25, 0.3) is 0 Å². The monoisotopic (exact) mass is 342 g/mol. The van der Waals surface area contributed by atoms with Gasteiger partial charge < -0.3 is 9.84 Å². The zero-order valence-corrected chi connectivity index (χ0v) is 13.5. The molecule has 0 saturated heterocycles. The molecule has 0 unspecified atom stereocenters. The fourth-order valence-corrected chi connectivity index (χ4v) is 2.30. The SMILES string of the molecule is O=C(CCc1nc(-c2cccc(Cl)c2)no1)NCc1cccnc1. The highest BCUT2D eigenvalue weighted by molar-refractivity contribution is 6.30. The molecule has 2 aromatic heterocycles. The Morgan fingerprint density at radius 3 is 2.96 bits per heavy atom. The molecule has 3 rings (SSSR count). The third-order valence-electron chi connectivity index (χ3n) is 3.33. The predicted molar refractivity (Wildman–Crippen MR) is 89.1 cm³/mol. The third kappa shape index (κ3) is 4.39. The van der Waals surface area contributed by atoms with E-state index < -0.39 is 0 Å². The Kier molecular flexibility index (Phi) is 5.18. The van der Waals surface area contributed by atoms with Gasteiger partial charge in [0, 0.05) is 42.4 Å². The average Bonchev–Trinajstić information content (AvgIpc) is 3.08. The lowest BCUT2D eigenvalue weighted by atomic mass is 10.2. The highest BCUT2D eigenvalue weighted by atomic mass is 35.5. The van der Waals surface area contributed by atoms with Gasteiger partial charge in [-0.15, -0.1) is 0 Å². The number of hydrogen-bond acceptors (Lipinski definition) is 5. The van der Waals surface area contributed by atoms with E-state index in [1.807, 2.05) is 24.3 Å². The number of aryl methyl sites for hydroxylation is 1. The van der Waals surface area contributed by atoms with Crippen LogP contribution in [0.1, 0.15) is 17.9 Å². The van der Waals surface area contributed by atoms with E-state index in [4.69, 9.17) is 16.1 Å². The number of rotatable bonds is 6. The molecule has 6 nitrogen and oxygen atoms in total. The Bertz CT molecular complexity index is 820. The minimum atomic E-state index is -0.0821. The molecule has 0 fully saturated rings. The number of hydrogen-bond donors (Lipinski definition) is 1. The van der Waals surface area contributed by atoms with Gasteiger partial charge in [-0.05, 0) is 23.8 Å². The van der Waals surface area contributed by atoms with Crippen LogP contribution in [0.5, 0.6) is 0 Å². The van der Waals surface area contributed by atoms with Crippen molar-refractivity contribution in [2.24, 2.45) is 0 Å². The van der Waals surface area contributed by atoms with Gasteiger partial charge in [-0.1, -0.05) is 35.0 Å². The van der Waals surface area contributed by atoms with Crippen molar-refractivity contribution >= 4 is 17.5 Å². The number of amides is 1. The van der Waals surface area contributed by atoms with E-state index in [9.17, 15) is 4.79 Å². The fraction of sp³-hybridized carbons (Fsp3) is 0.176. The minimum Gasteiger partial charge on any atom is -0.352 e. The van der Waals surface area contributed by atoms with Gasteiger partial charge in [-0.2, -0.15) is 4.98 Å². The highest BCUT2D eigenvalue weighted by Crippen LogP contribution is 2.20. The number of nitrogens with zero attached hydrogens (tertiary/aromatic N) is 3. The molecule has 2 heterocycles. The van der Waals surface area contributed by atoms with Crippen LogP contribution in [-0.4, -0.2) is 21.0 Å². The molecule has 0 aliphatic heterocycles. The van der Waals surface area contributed by atoms with Crippen LogP contribution in [0.2, 0.25) is 5.02 Å². The Hall–Kier alpha value is -2.73. The second-order valence-corrected chi connectivity index (χ2v) is 5.60. The standard InChI is InChI=1S/C17H15ClN4O2/c18-14-5-1-4-13(9-14)17-21-16(24-22-17)7-6-15(23)20-11-12-3-2-8-19-10-12/h1-5,8-10H,6-7,11H2,(H,20,23). The first-order valence-corrected chi connectivity index (χ1v) is 7.82. The lowest BCUT2D eigenvalue weighted by Crippen LogP contribution is -2.23. The van der Waals surface area contributed by atoms with E-state index in [2.05, 4.69) is 20.4 Å². The summed E-state index contributed by atoms with van der Waals surface area (Å²) in [6, 6.07) is 10.9. The number of carbonyl (C=O) groups excluding carboxylic acids is 1. The summed E-state index contributed by atoms with van der Waals surface area (Å²) in [5, 5.41) is 7.35. The summed E-state index contributed by atoms with van der Waals surface area (Å²) in [5.41, 5.74) is 1.73. The van der Waals surface area contributed by atoms with E-state index in [1.165, 1.54) is 0 Å². The van der Waals surface area contributed by atoms with Crippen LogP contribution in [0.15, 0.2) is 53.3 Å². The molecule has 0 aliphatic rings. The van der Waals surface area contributed by atoms with Gasteiger partial charge in [0.15, 0.2) is 0 Å². The van der Waals surface area contributed by atoms with Crippen molar-refractivity contribution in [3.63, 3.8) is 0 Å². The predicted octanol–water partition coefficient (Wildman–Crippen LogP) is 3.03. The molecule has 3 aromatic rings. The summed E-state index contributed by atoms with van der Waals surface area (Å²) in [7, 11) is 0. The number of benzene rings is 1. The van der Waals surface area contributed by atoms with Crippen LogP contribution in [0.4, 0.5) is 0 Å². The first-order chi connectivity index (χ1) is 11.7. The lowest BCUT2D eigenvalue weighted by Gasteiger charge is -2.03. The van der Waals surface area contributed by atoms with E-state index in [1.54, 1.807) is 24.5 Å². The van der Waals surface area contributed by atoms with E-state index in [0.29, 0.717) is 29.7 Å². The molecule has 0 spiro atoms. The Balaban J connectivity index is 1.51. The summed E-state index contributed by atoms with van der Waals surface area (Å²) in [6.45, 7) is 0.449. The first kappa shape index (κ1) is 16.1. The molecule has 0 bridgehead atoms. The van der Waals surface area contributed by atoms with Gasteiger partial charge in [0.2, 0.25) is 17.6 Å². The van der Waals surface area contributed by atoms with Crippen molar-refractivity contribution in [3.8, 4) is 11.4 Å². The second-order valence-electron chi connectivity index (χ2n) is 5.16. The molecular weight excluding hydrogens is 328 g/mol. The van der Waals surface area contributed by atoms with Crippen molar-refractivity contribution in [3.05, 3.63) is 65.3 Å². The van der Waals surface area contributed by atoms with Crippen LogP contribution >= 0.6 is 11.6 Å². The molecule has 0 aliphatic carbocycles. The number of nitrogens with one attached hydrogen (secondary N) is 1.